The summed E-state index contributed by atoms with van der Waals surface area (Å²) in [7, 11) is 0. The average molecular weight is 198 g/mol. The van der Waals surface area contributed by atoms with Crippen molar-refractivity contribution in [1.82, 2.24) is 0 Å². The van der Waals surface area contributed by atoms with Gasteiger partial charge in [0.2, 0.25) is 0 Å². The number of rotatable bonds is 7. The molecule has 1 N–H and O–H groups in total. The Morgan fingerprint density at radius 1 is 1.21 bits per heavy atom. The van der Waals surface area contributed by atoms with E-state index in [0.29, 0.717) is 6.42 Å². The minimum Gasteiger partial charge on any atom is -0.481 e. The second-order valence-electron chi connectivity index (χ2n) is 3.02. The summed E-state index contributed by atoms with van der Waals surface area (Å²) in [5.41, 5.74) is 0. The number of aliphatic carboxylic acids is 1. The lowest BCUT2D eigenvalue weighted by atomic mass is 10.2. The molecule has 0 bridgehead atoms. The molecule has 0 atom stereocenters. The lowest BCUT2D eigenvalue weighted by Gasteiger charge is -1.92. The summed E-state index contributed by atoms with van der Waals surface area (Å²) in [6, 6.07) is 0. The number of allylic oxidation sites excluding steroid dienone is 2. The van der Waals surface area contributed by atoms with Gasteiger partial charge in [-0.3, -0.25) is 4.79 Å². The smallest absolute Gasteiger partial charge is 0.303 e. The highest BCUT2D eigenvalue weighted by molar-refractivity contribution is 5.66. The van der Waals surface area contributed by atoms with Crippen LogP contribution in [0.1, 0.15) is 45.4 Å². The Hall–Kier alpha value is -1.05. The average Bonchev–Trinajstić information content (AvgIpc) is 2.15. The second-order valence-corrected chi connectivity index (χ2v) is 3.02. The molecule has 0 saturated carbocycles. The van der Waals surface area contributed by atoms with Gasteiger partial charge in [-0.25, -0.2) is 0 Å². The van der Waals surface area contributed by atoms with Gasteiger partial charge in [0, 0.05) is 6.42 Å². The van der Waals surface area contributed by atoms with E-state index in [1.165, 1.54) is 6.42 Å². The van der Waals surface area contributed by atoms with E-state index in [9.17, 15) is 4.79 Å². The van der Waals surface area contributed by atoms with Gasteiger partial charge in [-0.1, -0.05) is 38.3 Å². The largest absolute Gasteiger partial charge is 0.481 e. The van der Waals surface area contributed by atoms with Crippen LogP contribution in [-0.4, -0.2) is 11.1 Å². The van der Waals surface area contributed by atoms with Gasteiger partial charge in [-0.2, -0.15) is 0 Å². The topological polar surface area (TPSA) is 37.3 Å². The first-order valence-corrected chi connectivity index (χ1v) is 5.12. The van der Waals surface area contributed by atoms with Crippen molar-refractivity contribution in [2.24, 2.45) is 0 Å². The van der Waals surface area contributed by atoms with E-state index >= 15 is 0 Å². The Morgan fingerprint density at radius 2 is 1.79 bits per heavy atom. The van der Waals surface area contributed by atoms with E-state index in [1.807, 2.05) is 12.2 Å². The summed E-state index contributed by atoms with van der Waals surface area (Å²) in [4.78, 5) is 9.96. The van der Waals surface area contributed by atoms with Crippen molar-refractivity contribution in [1.29, 1.82) is 0 Å². The molecule has 0 saturated heterocycles. The number of unbranched alkanes of at least 4 members (excludes halogenated alkanes) is 3. The molecular formula is C12H22O2. The molecule has 0 amide bonds. The first-order chi connectivity index (χ1) is 6.68. The molecule has 0 aliphatic rings. The van der Waals surface area contributed by atoms with Crippen molar-refractivity contribution < 1.29 is 9.90 Å². The quantitative estimate of drug-likeness (QED) is 0.499. The molecule has 0 unspecified atom stereocenters. The molecule has 0 aliphatic heterocycles. The molecule has 0 aromatic heterocycles. The second kappa shape index (κ2) is 14.5. The number of hydrogen-bond acceptors (Lipinski definition) is 1. The number of carboxylic acids is 1. The molecule has 2 heteroatoms. The van der Waals surface area contributed by atoms with Crippen LogP contribution in [0.15, 0.2) is 25.3 Å². The molecule has 0 heterocycles. The molecule has 0 aromatic rings. The monoisotopic (exact) mass is 198 g/mol. The van der Waals surface area contributed by atoms with Gasteiger partial charge in [0.1, 0.15) is 0 Å². The van der Waals surface area contributed by atoms with Crippen LogP contribution in [-0.2, 0) is 4.79 Å². The van der Waals surface area contributed by atoms with E-state index in [2.05, 4.69) is 20.1 Å². The third kappa shape index (κ3) is 22.4. The van der Waals surface area contributed by atoms with Crippen LogP contribution in [0.2, 0.25) is 0 Å². The molecular weight excluding hydrogens is 176 g/mol. The van der Waals surface area contributed by atoms with E-state index in [1.54, 1.807) is 0 Å². The maximum absolute atomic E-state index is 9.96. The SMILES string of the molecule is C=CCC=C.CCCCCCC(=O)O. The molecule has 0 aliphatic carbocycles. The van der Waals surface area contributed by atoms with Crippen molar-refractivity contribution in [2.45, 2.75) is 45.4 Å². The van der Waals surface area contributed by atoms with Crippen LogP contribution in [0.3, 0.4) is 0 Å². The Labute approximate surface area is 87.3 Å². The van der Waals surface area contributed by atoms with Gasteiger partial charge in [0.05, 0.1) is 0 Å². The third-order valence-electron chi connectivity index (χ3n) is 1.58. The van der Waals surface area contributed by atoms with Crippen LogP contribution in [0.4, 0.5) is 0 Å². The molecule has 82 valence electrons. The first kappa shape index (κ1) is 15.4. The molecule has 2 nitrogen and oxygen atoms in total. The summed E-state index contributed by atoms with van der Waals surface area (Å²) in [6.07, 6.45) is 9.10. The van der Waals surface area contributed by atoms with Gasteiger partial charge < -0.3 is 5.11 Å². The van der Waals surface area contributed by atoms with Crippen LogP contribution >= 0.6 is 0 Å². The van der Waals surface area contributed by atoms with Gasteiger partial charge in [-0.15, -0.1) is 13.2 Å². The zero-order chi connectivity index (χ0) is 11.2. The van der Waals surface area contributed by atoms with Crippen molar-refractivity contribution in [3.05, 3.63) is 25.3 Å². The predicted octanol–water partition coefficient (Wildman–Crippen LogP) is 3.79. The van der Waals surface area contributed by atoms with E-state index in [-0.39, 0.29) is 0 Å². The molecule has 0 radical (unpaired) electrons. The number of hydrogen-bond donors (Lipinski definition) is 1. The highest BCUT2D eigenvalue weighted by atomic mass is 16.4. The molecule has 0 fully saturated rings. The first-order valence-electron chi connectivity index (χ1n) is 5.12. The molecule has 14 heavy (non-hydrogen) atoms. The van der Waals surface area contributed by atoms with E-state index in [0.717, 1.165) is 25.7 Å². The van der Waals surface area contributed by atoms with Crippen LogP contribution < -0.4 is 0 Å². The number of carboxylic acid groups (broad SMARTS) is 1. The van der Waals surface area contributed by atoms with E-state index < -0.39 is 5.97 Å². The Kier molecular flexibility index (Phi) is 15.9. The summed E-state index contributed by atoms with van der Waals surface area (Å²) < 4.78 is 0. The van der Waals surface area contributed by atoms with Crippen LogP contribution in [0, 0.1) is 0 Å². The summed E-state index contributed by atoms with van der Waals surface area (Å²) >= 11 is 0. The normalized spacial score (nSPS) is 8.36. The minimum absolute atomic E-state index is 0.333. The van der Waals surface area contributed by atoms with Gasteiger partial charge in [0.15, 0.2) is 0 Å². The van der Waals surface area contributed by atoms with Crippen molar-refractivity contribution in [3.63, 3.8) is 0 Å². The standard InChI is InChI=1S/C7H14O2.C5H8/c1-2-3-4-5-6-7(8)9;1-3-5-4-2/h2-6H2,1H3,(H,8,9);3-4H,1-2,5H2. The zero-order valence-electron chi connectivity index (χ0n) is 9.17. The Bertz CT molecular complexity index is 144. The molecule has 0 spiro atoms. The molecule has 0 rings (SSSR count). The van der Waals surface area contributed by atoms with Crippen molar-refractivity contribution in [3.8, 4) is 0 Å². The highest BCUT2D eigenvalue weighted by Gasteiger charge is 1.93. The third-order valence-corrected chi connectivity index (χ3v) is 1.58. The van der Waals surface area contributed by atoms with E-state index in [4.69, 9.17) is 5.11 Å². The van der Waals surface area contributed by atoms with Crippen LogP contribution in [0.25, 0.3) is 0 Å². The maximum Gasteiger partial charge on any atom is 0.303 e. The predicted molar refractivity (Wildman–Crippen MR) is 61.4 cm³/mol. The fraction of sp³-hybridized carbons (Fsp3) is 0.583. The fourth-order valence-electron chi connectivity index (χ4n) is 0.821. The van der Waals surface area contributed by atoms with Crippen molar-refractivity contribution in [2.75, 3.05) is 0 Å². The van der Waals surface area contributed by atoms with Gasteiger partial charge in [-0.05, 0) is 12.8 Å². The Balaban J connectivity index is 0. The van der Waals surface area contributed by atoms with Crippen molar-refractivity contribution >= 4 is 5.97 Å². The lowest BCUT2D eigenvalue weighted by Crippen LogP contribution is -1.92. The van der Waals surface area contributed by atoms with Crippen LogP contribution in [0.5, 0.6) is 0 Å². The summed E-state index contributed by atoms with van der Waals surface area (Å²) in [5.74, 6) is -0.675. The zero-order valence-corrected chi connectivity index (χ0v) is 9.17. The fourth-order valence-corrected chi connectivity index (χ4v) is 0.821. The molecule has 0 aromatic carbocycles. The highest BCUT2D eigenvalue weighted by Crippen LogP contribution is 2.01. The summed E-state index contributed by atoms with van der Waals surface area (Å²) in [5, 5.41) is 8.21. The lowest BCUT2D eigenvalue weighted by molar-refractivity contribution is -0.137. The van der Waals surface area contributed by atoms with Gasteiger partial charge >= 0.3 is 5.97 Å². The maximum atomic E-state index is 9.96. The summed E-state index contributed by atoms with van der Waals surface area (Å²) in [6.45, 7) is 9.07. The van der Waals surface area contributed by atoms with Gasteiger partial charge in [0.25, 0.3) is 0 Å². The minimum atomic E-state index is -0.675. The Morgan fingerprint density at radius 3 is 2.07 bits per heavy atom. The number of carbonyl (C=O) groups is 1.